The molecule has 2 aromatic carbocycles. The topological polar surface area (TPSA) is 170 Å². The lowest BCUT2D eigenvalue weighted by Gasteiger charge is -2.26. The van der Waals surface area contributed by atoms with Crippen LogP contribution in [0.4, 0.5) is 0 Å². The van der Waals surface area contributed by atoms with Gasteiger partial charge < -0.3 is 34.7 Å². The lowest BCUT2D eigenvalue weighted by molar-refractivity contribution is -0.138. The van der Waals surface area contributed by atoms with Gasteiger partial charge in [0.05, 0.1) is 25.7 Å². The van der Waals surface area contributed by atoms with E-state index in [1.807, 2.05) is 61.0 Å². The van der Waals surface area contributed by atoms with Crippen LogP contribution in [0.3, 0.4) is 0 Å². The first-order valence-corrected chi connectivity index (χ1v) is 14.4. The number of carbonyl (C=O) groups is 4. The van der Waals surface area contributed by atoms with Crippen LogP contribution < -0.4 is 20.1 Å². The number of fused-ring (bicyclic) bond motifs is 5. The van der Waals surface area contributed by atoms with E-state index in [1.54, 1.807) is 30.3 Å². The number of benzene rings is 2. The number of carbonyl (C=O) groups excluding carboxylic acids is 3. The molecule has 238 valence electrons. The molecule has 0 spiro atoms. The average Bonchev–Trinajstić information content (AvgIpc) is 3.65. The number of hydrogen-bond donors (Lipinski definition) is 3. The van der Waals surface area contributed by atoms with Gasteiger partial charge >= 0.3 is 0 Å². The first-order chi connectivity index (χ1) is 21.7. The van der Waals surface area contributed by atoms with Crippen molar-refractivity contribution in [3.63, 3.8) is 0 Å². The molecule has 0 aliphatic carbocycles. The Balaban J connectivity index is 0.00000148. The molecule has 45 heavy (non-hydrogen) atoms. The van der Waals surface area contributed by atoms with Gasteiger partial charge in [-0.15, -0.1) is 0 Å². The number of carboxylic acid groups (broad SMARTS) is 1. The normalized spacial score (nSPS) is 15.9. The average molecular weight is 620 g/mol. The van der Waals surface area contributed by atoms with Crippen LogP contribution in [0.1, 0.15) is 13.8 Å². The Morgan fingerprint density at radius 1 is 1.20 bits per heavy atom. The van der Waals surface area contributed by atoms with Crippen LogP contribution in [-0.4, -0.2) is 92.9 Å². The van der Waals surface area contributed by atoms with E-state index in [2.05, 4.69) is 20.7 Å². The summed E-state index contributed by atoms with van der Waals surface area (Å²) < 4.78 is 15.1. The summed E-state index contributed by atoms with van der Waals surface area (Å²) in [6, 6.07) is 12.3. The molecule has 3 heterocycles. The van der Waals surface area contributed by atoms with Gasteiger partial charge in [0, 0.05) is 42.6 Å². The van der Waals surface area contributed by atoms with Crippen molar-refractivity contribution in [3.8, 4) is 22.9 Å². The molecule has 0 fully saturated rings. The van der Waals surface area contributed by atoms with Gasteiger partial charge in [0.1, 0.15) is 25.0 Å². The zero-order valence-corrected chi connectivity index (χ0v) is 25.4. The van der Waals surface area contributed by atoms with Gasteiger partial charge in [0.25, 0.3) is 6.47 Å². The van der Waals surface area contributed by atoms with E-state index < -0.39 is 11.9 Å². The second-order valence-corrected chi connectivity index (χ2v) is 10.5. The van der Waals surface area contributed by atoms with Crippen molar-refractivity contribution in [2.45, 2.75) is 33.0 Å². The number of aromatic nitrogens is 4. The molecule has 5 rings (SSSR count). The fourth-order valence-corrected chi connectivity index (χ4v) is 4.91. The van der Waals surface area contributed by atoms with E-state index >= 15 is 0 Å². The van der Waals surface area contributed by atoms with Crippen molar-refractivity contribution in [1.82, 2.24) is 34.9 Å². The Labute approximate surface area is 259 Å². The van der Waals surface area contributed by atoms with Gasteiger partial charge in [-0.25, -0.2) is 4.98 Å². The zero-order chi connectivity index (χ0) is 32.3. The number of methoxy groups -OCH3 is 1. The smallest absolute Gasteiger partial charge is 0.290 e. The van der Waals surface area contributed by atoms with Crippen LogP contribution in [0.15, 0.2) is 61.1 Å². The molecule has 0 unspecified atom stereocenters. The van der Waals surface area contributed by atoms with E-state index in [1.165, 1.54) is 4.90 Å². The van der Waals surface area contributed by atoms with Crippen LogP contribution in [0, 0.1) is 5.92 Å². The van der Waals surface area contributed by atoms with Crippen LogP contribution >= 0.6 is 0 Å². The number of imidazole rings is 1. The molecule has 14 heteroatoms. The molecule has 1 atom stereocenters. The number of nitrogens with zero attached hydrogens (tertiary/aromatic N) is 5. The molecule has 14 nitrogen and oxygen atoms in total. The van der Waals surface area contributed by atoms with Crippen molar-refractivity contribution >= 4 is 35.1 Å². The van der Waals surface area contributed by atoms with Gasteiger partial charge in [0.2, 0.25) is 17.7 Å². The fourth-order valence-electron chi connectivity index (χ4n) is 4.91. The van der Waals surface area contributed by atoms with Gasteiger partial charge in [-0.3, -0.25) is 23.9 Å². The third kappa shape index (κ3) is 8.37. The molecule has 3 N–H and O–H groups in total. The summed E-state index contributed by atoms with van der Waals surface area (Å²) >= 11 is 0. The molecular formula is C31H37N7O7. The molecule has 0 radical (unpaired) electrons. The molecule has 0 saturated carbocycles. The fraction of sp³-hybridized carbons (Fsp3) is 0.355. The van der Waals surface area contributed by atoms with E-state index in [-0.39, 0.29) is 50.4 Å². The molecule has 3 amide bonds. The first kappa shape index (κ1) is 32.5. The van der Waals surface area contributed by atoms with E-state index in [4.69, 9.17) is 19.4 Å². The number of ether oxygens (including phenoxy) is 2. The SMILES string of the molecule is COc1ccc2cc1OCCN(C(=O)Cn1cc3ccccc3n1)CC(=O)N[C@H](C(C)C)C(=O)NCCn1ccnc1-2.O=CO. The van der Waals surface area contributed by atoms with Crippen molar-refractivity contribution in [1.29, 1.82) is 0 Å². The standard InChI is InChI=1S/C30H35N7O5.CH2O2/c1-20(2)28-30(40)32-11-13-35-12-10-31-29(35)21-8-9-24(41-3)25(16-21)42-15-14-36(18-26(38)33-28)27(39)19-37-17-22-6-4-5-7-23(22)34-37;2-1-3/h4-10,12,16-17,20,28H,11,13-15,18-19H2,1-3H3,(H,32,40)(H,33,38);1H,(H,2,3)/t28-;/m1./s1. The van der Waals surface area contributed by atoms with Gasteiger partial charge in [-0.2, -0.15) is 5.10 Å². The lowest BCUT2D eigenvalue weighted by atomic mass is 10.0. The second kappa shape index (κ2) is 15.4. The third-order valence-electron chi connectivity index (χ3n) is 7.12. The quantitative estimate of drug-likeness (QED) is 0.288. The predicted molar refractivity (Wildman–Crippen MR) is 164 cm³/mol. The summed E-state index contributed by atoms with van der Waals surface area (Å²) in [7, 11) is 1.56. The molecule has 1 aliphatic heterocycles. The summed E-state index contributed by atoms with van der Waals surface area (Å²) in [6.07, 6.45) is 5.33. The Bertz CT molecular complexity index is 1600. The molecule has 4 aromatic rings. The van der Waals surface area contributed by atoms with Gasteiger partial charge in [0.15, 0.2) is 11.5 Å². The maximum atomic E-state index is 13.5. The Hall–Kier alpha value is -5.40. The summed E-state index contributed by atoms with van der Waals surface area (Å²) in [5.41, 5.74) is 1.58. The number of nitrogens with one attached hydrogen (secondary N) is 2. The minimum atomic E-state index is -0.765. The van der Waals surface area contributed by atoms with Crippen molar-refractivity contribution in [2.24, 2.45) is 5.92 Å². The highest BCUT2D eigenvalue weighted by Crippen LogP contribution is 2.32. The van der Waals surface area contributed by atoms with Gasteiger partial charge in [-0.1, -0.05) is 32.0 Å². The Morgan fingerprint density at radius 3 is 2.71 bits per heavy atom. The van der Waals surface area contributed by atoms with Crippen LogP contribution in [0.5, 0.6) is 11.5 Å². The maximum absolute atomic E-state index is 13.5. The highest BCUT2D eigenvalue weighted by Gasteiger charge is 2.26. The highest BCUT2D eigenvalue weighted by atomic mass is 16.5. The molecule has 2 aromatic heterocycles. The minimum Gasteiger partial charge on any atom is -0.493 e. The largest absolute Gasteiger partial charge is 0.493 e. The molecule has 0 saturated heterocycles. The first-order valence-electron chi connectivity index (χ1n) is 14.4. The summed E-state index contributed by atoms with van der Waals surface area (Å²) in [6.45, 7) is 4.20. The van der Waals surface area contributed by atoms with Crippen molar-refractivity contribution in [2.75, 3.05) is 33.4 Å². The predicted octanol–water partition coefficient (Wildman–Crippen LogP) is 1.79. The summed E-state index contributed by atoms with van der Waals surface area (Å²) in [5, 5.41) is 18.0. The number of hydrogen-bond acceptors (Lipinski definition) is 8. The molecule has 2 bridgehead atoms. The minimum absolute atomic E-state index is 0.0580. The highest BCUT2D eigenvalue weighted by molar-refractivity contribution is 5.90. The van der Waals surface area contributed by atoms with Crippen LogP contribution in [-0.2, 0) is 32.3 Å². The number of rotatable bonds is 4. The number of amides is 3. The van der Waals surface area contributed by atoms with Crippen molar-refractivity contribution < 1.29 is 33.8 Å². The van der Waals surface area contributed by atoms with E-state index in [0.29, 0.717) is 30.4 Å². The molecule has 1 aliphatic rings. The maximum Gasteiger partial charge on any atom is 0.290 e. The van der Waals surface area contributed by atoms with Crippen molar-refractivity contribution in [3.05, 3.63) is 61.1 Å². The van der Waals surface area contributed by atoms with E-state index in [9.17, 15) is 14.4 Å². The van der Waals surface area contributed by atoms with Gasteiger partial charge in [-0.05, 0) is 30.2 Å². The Morgan fingerprint density at radius 2 is 1.98 bits per heavy atom. The summed E-state index contributed by atoms with van der Waals surface area (Å²) in [5.74, 6) is 0.505. The summed E-state index contributed by atoms with van der Waals surface area (Å²) in [4.78, 5) is 54.0. The Kier molecular flexibility index (Phi) is 11.1. The van der Waals surface area contributed by atoms with Crippen LogP contribution in [0.2, 0.25) is 0 Å². The third-order valence-corrected chi connectivity index (χ3v) is 7.12. The monoisotopic (exact) mass is 619 g/mol. The zero-order valence-electron chi connectivity index (χ0n) is 25.4. The molecular weight excluding hydrogens is 582 g/mol. The van der Waals surface area contributed by atoms with E-state index in [0.717, 1.165) is 16.5 Å². The lowest BCUT2D eigenvalue weighted by Crippen LogP contribution is -2.53. The second-order valence-electron chi connectivity index (χ2n) is 10.5. The van der Waals surface area contributed by atoms with Crippen LogP contribution in [0.25, 0.3) is 22.3 Å².